The molecule has 0 N–H and O–H groups in total. The molecule has 2 aliphatic heterocycles. The van der Waals surface area contributed by atoms with Crippen LogP contribution < -0.4 is 4.90 Å². The largest absolute Gasteiger partial charge is 0.411 e. The molecule has 0 saturated heterocycles. The first-order chi connectivity index (χ1) is 21.9. The van der Waals surface area contributed by atoms with Crippen LogP contribution in [0.3, 0.4) is 0 Å². The van der Waals surface area contributed by atoms with E-state index in [1.165, 1.54) is 6.07 Å². The minimum Gasteiger partial charge on any atom is -0.277 e. The minimum atomic E-state index is -6.04. The number of nitrogens with zero attached hydrogens (tertiary/aromatic N) is 2. The molecular formula is C35H24F6N2O4. The number of imide groups is 2. The van der Waals surface area contributed by atoms with Gasteiger partial charge in [0.15, 0.2) is 0 Å². The van der Waals surface area contributed by atoms with Gasteiger partial charge in [-0.05, 0) is 90.6 Å². The summed E-state index contributed by atoms with van der Waals surface area (Å²) in [5.41, 5.74) is -4.94. The Morgan fingerprint density at radius 2 is 0.915 bits per heavy atom. The van der Waals surface area contributed by atoms with Gasteiger partial charge in [0.25, 0.3) is 23.6 Å². The number of halogens is 6. The second kappa shape index (κ2) is 10.4. The van der Waals surface area contributed by atoms with E-state index in [0.29, 0.717) is 39.6 Å². The summed E-state index contributed by atoms with van der Waals surface area (Å²) in [6.45, 7) is 5.63. The molecule has 0 bridgehead atoms. The van der Waals surface area contributed by atoms with Crippen LogP contribution in [0.5, 0.6) is 0 Å². The summed E-state index contributed by atoms with van der Waals surface area (Å²) in [7, 11) is 1.05. The fourth-order valence-corrected chi connectivity index (χ4v) is 6.49. The summed E-state index contributed by atoms with van der Waals surface area (Å²) in [6, 6.07) is 13.9. The molecule has 0 fully saturated rings. The van der Waals surface area contributed by atoms with Gasteiger partial charge in [-0.15, -0.1) is 0 Å². The molecule has 4 aromatic carbocycles. The average Bonchev–Trinajstić information content (AvgIpc) is 3.35. The monoisotopic (exact) mass is 650 g/mol. The number of rotatable bonds is 4. The number of amides is 4. The molecule has 0 aliphatic carbocycles. The molecule has 4 aromatic rings. The number of aryl methyl sites for hydroxylation is 3. The third-order valence-corrected chi connectivity index (χ3v) is 8.83. The fraction of sp³-hybridized carbons (Fsp3) is 0.200. The number of hydrogen-bond donors (Lipinski definition) is 0. The maximum Gasteiger partial charge on any atom is 0.411 e. The predicted molar refractivity (Wildman–Crippen MR) is 159 cm³/mol. The van der Waals surface area contributed by atoms with E-state index in [2.05, 4.69) is 0 Å². The Morgan fingerprint density at radius 1 is 0.489 bits per heavy atom. The van der Waals surface area contributed by atoms with Crippen molar-refractivity contribution in [1.82, 2.24) is 4.90 Å². The third kappa shape index (κ3) is 4.49. The molecule has 0 unspecified atom stereocenters. The van der Waals surface area contributed by atoms with Crippen molar-refractivity contribution in [3.05, 3.63) is 123 Å². The standard InChI is InChI=1S/C35H24F6N2O4/c1-17-5-9-23(18(2)13-17)24-12-8-22(14-19(24)3)43-31(46)26-11-7-21(16-28(26)32(43)47)33(34(36,37)38,35(39,40)41)20-6-10-25-27(15-20)30(45)42(4)29(25)44/h5-16H,1-4H3. The van der Waals surface area contributed by atoms with Gasteiger partial charge < -0.3 is 0 Å². The summed E-state index contributed by atoms with van der Waals surface area (Å²) in [6.07, 6.45) is -12.1. The number of alkyl halides is 6. The van der Waals surface area contributed by atoms with Crippen LogP contribution >= 0.6 is 0 Å². The van der Waals surface area contributed by atoms with Crippen molar-refractivity contribution in [3.63, 3.8) is 0 Å². The van der Waals surface area contributed by atoms with Crippen LogP contribution in [0.2, 0.25) is 0 Å². The first-order valence-electron chi connectivity index (χ1n) is 14.2. The molecule has 2 heterocycles. The SMILES string of the molecule is Cc1ccc(-c2ccc(N3C(=O)c4ccc(C(c5ccc6c(c5)C(=O)N(C)C6=O)(C(F)(F)F)C(F)(F)F)cc4C3=O)cc2C)c(C)c1. The highest BCUT2D eigenvalue weighted by atomic mass is 19.4. The summed E-state index contributed by atoms with van der Waals surface area (Å²) in [5.74, 6) is -3.95. The van der Waals surface area contributed by atoms with Gasteiger partial charge in [-0.25, -0.2) is 4.90 Å². The Hall–Kier alpha value is -5.26. The molecule has 12 heteroatoms. The minimum absolute atomic E-state index is 0.0904. The molecule has 4 amide bonds. The van der Waals surface area contributed by atoms with Gasteiger partial charge in [0.1, 0.15) is 0 Å². The number of benzene rings is 4. The van der Waals surface area contributed by atoms with Crippen LogP contribution in [0.4, 0.5) is 32.0 Å². The van der Waals surface area contributed by atoms with Crippen LogP contribution in [0, 0.1) is 20.8 Å². The zero-order valence-electron chi connectivity index (χ0n) is 25.2. The summed E-state index contributed by atoms with van der Waals surface area (Å²) >= 11 is 0. The van der Waals surface area contributed by atoms with Crippen molar-refractivity contribution >= 4 is 29.3 Å². The molecular weight excluding hydrogens is 626 g/mol. The van der Waals surface area contributed by atoms with Gasteiger partial charge in [0.05, 0.1) is 27.9 Å². The normalized spacial score (nSPS) is 15.1. The van der Waals surface area contributed by atoms with Crippen molar-refractivity contribution < 1.29 is 45.5 Å². The molecule has 0 saturated carbocycles. The first kappa shape index (κ1) is 31.7. The number of hydrogen-bond acceptors (Lipinski definition) is 4. The van der Waals surface area contributed by atoms with Crippen LogP contribution in [-0.2, 0) is 5.41 Å². The number of carbonyl (C=O) groups is 4. The summed E-state index contributed by atoms with van der Waals surface area (Å²) < 4.78 is 89.6. The fourth-order valence-electron chi connectivity index (χ4n) is 6.49. The molecule has 2 aliphatic rings. The van der Waals surface area contributed by atoms with Crippen LogP contribution in [-0.4, -0.2) is 47.9 Å². The Balaban J connectivity index is 1.47. The van der Waals surface area contributed by atoms with E-state index in [0.717, 1.165) is 41.4 Å². The van der Waals surface area contributed by atoms with E-state index >= 15 is 0 Å². The molecule has 0 spiro atoms. The van der Waals surface area contributed by atoms with Gasteiger partial charge in [0, 0.05) is 7.05 Å². The lowest BCUT2D eigenvalue weighted by Crippen LogP contribution is -2.55. The van der Waals surface area contributed by atoms with E-state index in [-0.39, 0.29) is 16.8 Å². The lowest BCUT2D eigenvalue weighted by molar-refractivity contribution is -0.288. The van der Waals surface area contributed by atoms with Gasteiger partial charge in [-0.2, -0.15) is 26.3 Å². The zero-order valence-corrected chi connectivity index (χ0v) is 25.2. The van der Waals surface area contributed by atoms with Crippen LogP contribution in [0.15, 0.2) is 72.8 Å². The lowest BCUT2D eigenvalue weighted by atomic mass is 9.71. The van der Waals surface area contributed by atoms with Crippen molar-refractivity contribution in [2.75, 3.05) is 11.9 Å². The highest BCUT2D eigenvalue weighted by Crippen LogP contribution is 2.57. The van der Waals surface area contributed by atoms with E-state index in [9.17, 15) is 45.5 Å². The van der Waals surface area contributed by atoms with E-state index in [1.807, 2.05) is 32.0 Å². The van der Waals surface area contributed by atoms with Gasteiger partial charge >= 0.3 is 12.4 Å². The Labute approximate surface area is 264 Å². The molecule has 0 atom stereocenters. The maximum atomic E-state index is 14.9. The molecule has 0 radical (unpaired) electrons. The molecule has 0 aromatic heterocycles. The van der Waals surface area contributed by atoms with Crippen molar-refractivity contribution in [2.24, 2.45) is 0 Å². The Bertz CT molecular complexity index is 2050. The zero-order chi connectivity index (χ0) is 34.4. The van der Waals surface area contributed by atoms with Gasteiger partial charge in [-0.3, -0.25) is 24.1 Å². The molecule has 6 rings (SSSR count). The number of anilines is 1. The quantitative estimate of drug-likeness (QED) is 0.168. The third-order valence-electron chi connectivity index (χ3n) is 8.83. The lowest BCUT2D eigenvalue weighted by Gasteiger charge is -2.38. The topological polar surface area (TPSA) is 74.8 Å². The van der Waals surface area contributed by atoms with Crippen LogP contribution in [0.1, 0.15) is 69.2 Å². The Morgan fingerprint density at radius 3 is 1.43 bits per heavy atom. The number of carbonyl (C=O) groups excluding carboxylic acids is 4. The average molecular weight is 651 g/mol. The van der Waals surface area contributed by atoms with Crippen molar-refractivity contribution in [2.45, 2.75) is 38.5 Å². The highest BCUT2D eigenvalue weighted by Gasteiger charge is 2.73. The predicted octanol–water partition coefficient (Wildman–Crippen LogP) is 7.72. The Kier molecular flexibility index (Phi) is 7.00. The molecule has 47 heavy (non-hydrogen) atoms. The highest BCUT2D eigenvalue weighted by molar-refractivity contribution is 6.34. The van der Waals surface area contributed by atoms with E-state index in [1.54, 1.807) is 19.1 Å². The second-order valence-electron chi connectivity index (χ2n) is 11.7. The molecule has 6 nitrogen and oxygen atoms in total. The van der Waals surface area contributed by atoms with Crippen molar-refractivity contribution in [3.8, 4) is 11.1 Å². The molecule has 240 valence electrons. The maximum absolute atomic E-state index is 14.9. The van der Waals surface area contributed by atoms with Gasteiger partial charge in [-0.1, -0.05) is 42.0 Å². The number of fused-ring (bicyclic) bond motifs is 2. The van der Waals surface area contributed by atoms with Crippen LogP contribution in [0.25, 0.3) is 11.1 Å². The summed E-state index contributed by atoms with van der Waals surface area (Å²) in [4.78, 5) is 53.1. The van der Waals surface area contributed by atoms with E-state index in [4.69, 9.17) is 0 Å². The van der Waals surface area contributed by atoms with Crippen molar-refractivity contribution in [1.29, 1.82) is 0 Å². The second-order valence-corrected chi connectivity index (χ2v) is 11.7. The first-order valence-corrected chi connectivity index (χ1v) is 14.2. The van der Waals surface area contributed by atoms with Gasteiger partial charge in [0.2, 0.25) is 5.41 Å². The summed E-state index contributed by atoms with van der Waals surface area (Å²) in [5, 5.41) is 0. The van der Waals surface area contributed by atoms with E-state index < -0.39 is 63.7 Å². The smallest absolute Gasteiger partial charge is 0.277 e.